The molecule has 1 rings (SSSR count). The van der Waals surface area contributed by atoms with Gasteiger partial charge < -0.3 is 10.0 Å². The number of aliphatic hydroxyl groups is 1. The van der Waals surface area contributed by atoms with E-state index in [1.54, 1.807) is 0 Å². The van der Waals surface area contributed by atoms with E-state index in [9.17, 15) is 0 Å². The Labute approximate surface area is 93.4 Å². The standard InChI is InChI=1S/C12H24N2O/c1-4-7-14-11(2)5-8-13(3)10-12(14)6-9-15/h4,11-12,15H,1,5-10H2,2-3H3. The summed E-state index contributed by atoms with van der Waals surface area (Å²) in [6.45, 7) is 9.50. The van der Waals surface area contributed by atoms with Gasteiger partial charge in [-0.1, -0.05) is 6.08 Å². The predicted octanol–water partition coefficient (Wildman–Crippen LogP) is 0.949. The van der Waals surface area contributed by atoms with Gasteiger partial charge in [0.25, 0.3) is 0 Å². The molecule has 0 radical (unpaired) electrons. The minimum Gasteiger partial charge on any atom is -0.396 e. The molecule has 0 aromatic heterocycles. The van der Waals surface area contributed by atoms with E-state index in [0.29, 0.717) is 12.1 Å². The van der Waals surface area contributed by atoms with Crippen molar-refractivity contribution in [2.45, 2.75) is 31.8 Å². The van der Waals surface area contributed by atoms with Gasteiger partial charge in [-0.3, -0.25) is 4.90 Å². The number of rotatable bonds is 4. The molecule has 1 N–H and O–H groups in total. The average molecular weight is 212 g/mol. The zero-order valence-electron chi connectivity index (χ0n) is 10.0. The topological polar surface area (TPSA) is 26.7 Å². The first-order valence-corrected chi connectivity index (χ1v) is 5.85. The summed E-state index contributed by atoms with van der Waals surface area (Å²) in [7, 11) is 2.16. The molecule has 0 saturated carbocycles. The monoisotopic (exact) mass is 212 g/mol. The Bertz CT molecular complexity index is 196. The first-order valence-electron chi connectivity index (χ1n) is 5.85. The Morgan fingerprint density at radius 2 is 2.27 bits per heavy atom. The maximum absolute atomic E-state index is 9.10. The summed E-state index contributed by atoms with van der Waals surface area (Å²) in [6, 6.07) is 1.06. The van der Waals surface area contributed by atoms with E-state index in [2.05, 4.69) is 30.4 Å². The second-order valence-corrected chi connectivity index (χ2v) is 4.55. The molecule has 0 aromatic rings. The summed E-state index contributed by atoms with van der Waals surface area (Å²) >= 11 is 0. The third-order valence-electron chi connectivity index (χ3n) is 3.29. The molecule has 1 saturated heterocycles. The first-order chi connectivity index (χ1) is 7.19. The van der Waals surface area contributed by atoms with Crippen LogP contribution in [0.3, 0.4) is 0 Å². The molecule has 88 valence electrons. The van der Waals surface area contributed by atoms with Crippen LogP contribution in [-0.4, -0.2) is 60.3 Å². The zero-order chi connectivity index (χ0) is 11.3. The van der Waals surface area contributed by atoms with Crippen molar-refractivity contribution in [3.63, 3.8) is 0 Å². The van der Waals surface area contributed by atoms with E-state index in [1.807, 2.05) is 6.08 Å². The highest BCUT2D eigenvalue weighted by Crippen LogP contribution is 2.17. The van der Waals surface area contributed by atoms with E-state index < -0.39 is 0 Å². The molecule has 3 nitrogen and oxygen atoms in total. The maximum Gasteiger partial charge on any atom is 0.0446 e. The van der Waals surface area contributed by atoms with E-state index in [1.165, 1.54) is 6.42 Å². The molecule has 2 unspecified atom stereocenters. The lowest BCUT2D eigenvalue weighted by atomic mass is 10.1. The molecule has 1 heterocycles. The van der Waals surface area contributed by atoms with Gasteiger partial charge in [-0.25, -0.2) is 0 Å². The molecule has 0 bridgehead atoms. The largest absolute Gasteiger partial charge is 0.396 e. The molecule has 15 heavy (non-hydrogen) atoms. The highest BCUT2D eigenvalue weighted by molar-refractivity contribution is 4.87. The molecule has 3 heteroatoms. The number of hydrogen-bond acceptors (Lipinski definition) is 3. The summed E-state index contributed by atoms with van der Waals surface area (Å²) < 4.78 is 0. The van der Waals surface area contributed by atoms with Crippen LogP contribution in [-0.2, 0) is 0 Å². The molecule has 1 aliphatic rings. The van der Waals surface area contributed by atoms with Crippen molar-refractivity contribution < 1.29 is 5.11 Å². The summed E-state index contributed by atoms with van der Waals surface area (Å²) in [5, 5.41) is 9.10. The second kappa shape index (κ2) is 6.26. The molecular formula is C12H24N2O. The first kappa shape index (κ1) is 12.7. The second-order valence-electron chi connectivity index (χ2n) is 4.55. The molecule has 0 spiro atoms. The fourth-order valence-electron chi connectivity index (χ4n) is 2.37. The zero-order valence-corrected chi connectivity index (χ0v) is 10.0. The van der Waals surface area contributed by atoms with Crippen molar-refractivity contribution in [3.8, 4) is 0 Å². The van der Waals surface area contributed by atoms with Crippen LogP contribution >= 0.6 is 0 Å². The smallest absolute Gasteiger partial charge is 0.0446 e. The van der Waals surface area contributed by atoms with Gasteiger partial charge in [-0.2, -0.15) is 0 Å². The van der Waals surface area contributed by atoms with Gasteiger partial charge in [-0.15, -0.1) is 6.58 Å². The molecule has 0 aliphatic carbocycles. The highest BCUT2D eigenvalue weighted by Gasteiger charge is 2.26. The quantitative estimate of drug-likeness (QED) is 0.703. The molecule has 2 atom stereocenters. The third-order valence-corrected chi connectivity index (χ3v) is 3.29. The van der Waals surface area contributed by atoms with Crippen molar-refractivity contribution in [2.24, 2.45) is 0 Å². The maximum atomic E-state index is 9.10. The van der Waals surface area contributed by atoms with Gasteiger partial charge in [0.2, 0.25) is 0 Å². The fraction of sp³-hybridized carbons (Fsp3) is 0.833. The van der Waals surface area contributed by atoms with Gasteiger partial charge in [0.15, 0.2) is 0 Å². The minimum absolute atomic E-state index is 0.277. The lowest BCUT2D eigenvalue weighted by Crippen LogP contribution is -2.44. The van der Waals surface area contributed by atoms with Gasteiger partial charge >= 0.3 is 0 Å². The summed E-state index contributed by atoms with van der Waals surface area (Å²) in [6.07, 6.45) is 4.03. The fourth-order valence-corrected chi connectivity index (χ4v) is 2.37. The lowest BCUT2D eigenvalue weighted by Gasteiger charge is -2.33. The SMILES string of the molecule is C=CCN1C(C)CCN(C)CC1CCO. The van der Waals surface area contributed by atoms with Crippen LogP contribution in [0.25, 0.3) is 0 Å². The Balaban J connectivity index is 2.68. The van der Waals surface area contributed by atoms with Crippen molar-refractivity contribution in [3.05, 3.63) is 12.7 Å². The summed E-state index contributed by atoms with van der Waals surface area (Å²) in [4.78, 5) is 4.83. The van der Waals surface area contributed by atoms with Crippen molar-refractivity contribution in [1.82, 2.24) is 9.80 Å². The molecule has 1 aliphatic heterocycles. The molecule has 0 amide bonds. The van der Waals surface area contributed by atoms with Crippen molar-refractivity contribution in [2.75, 3.05) is 33.3 Å². The predicted molar refractivity (Wildman–Crippen MR) is 64.0 cm³/mol. The number of hydrogen-bond donors (Lipinski definition) is 1. The van der Waals surface area contributed by atoms with Crippen LogP contribution in [0.4, 0.5) is 0 Å². The van der Waals surface area contributed by atoms with Crippen LogP contribution < -0.4 is 0 Å². The van der Waals surface area contributed by atoms with E-state index in [4.69, 9.17) is 5.11 Å². The summed E-state index contributed by atoms with van der Waals surface area (Å²) in [5.41, 5.74) is 0. The molecule has 0 aromatic carbocycles. The van der Waals surface area contributed by atoms with Crippen molar-refractivity contribution in [1.29, 1.82) is 0 Å². The Morgan fingerprint density at radius 1 is 1.53 bits per heavy atom. The Kier molecular flexibility index (Phi) is 5.29. The lowest BCUT2D eigenvalue weighted by molar-refractivity contribution is 0.130. The normalized spacial score (nSPS) is 30.1. The number of aliphatic hydroxyl groups excluding tert-OH is 1. The molecular weight excluding hydrogens is 188 g/mol. The van der Waals surface area contributed by atoms with Crippen LogP contribution in [0, 0.1) is 0 Å². The average Bonchev–Trinajstić information content (AvgIpc) is 2.33. The van der Waals surface area contributed by atoms with Crippen LogP contribution in [0.15, 0.2) is 12.7 Å². The Morgan fingerprint density at radius 3 is 2.87 bits per heavy atom. The van der Waals surface area contributed by atoms with Crippen LogP contribution in [0.2, 0.25) is 0 Å². The van der Waals surface area contributed by atoms with Crippen molar-refractivity contribution >= 4 is 0 Å². The number of nitrogens with zero attached hydrogens (tertiary/aromatic N) is 2. The number of likely N-dealkylation sites (N-methyl/N-ethyl adjacent to an activating group) is 1. The third kappa shape index (κ3) is 3.59. The van der Waals surface area contributed by atoms with Gasteiger partial charge in [0, 0.05) is 31.8 Å². The minimum atomic E-state index is 0.277. The Hall–Kier alpha value is -0.380. The van der Waals surface area contributed by atoms with E-state index in [0.717, 1.165) is 26.1 Å². The van der Waals surface area contributed by atoms with Gasteiger partial charge in [-0.05, 0) is 33.4 Å². The van der Waals surface area contributed by atoms with Crippen LogP contribution in [0.5, 0.6) is 0 Å². The van der Waals surface area contributed by atoms with Crippen LogP contribution in [0.1, 0.15) is 19.8 Å². The summed E-state index contributed by atoms with van der Waals surface area (Å²) in [5.74, 6) is 0. The highest BCUT2D eigenvalue weighted by atomic mass is 16.3. The van der Waals surface area contributed by atoms with E-state index in [-0.39, 0.29) is 6.61 Å². The molecule has 1 fully saturated rings. The van der Waals surface area contributed by atoms with Gasteiger partial charge in [0.1, 0.15) is 0 Å². The van der Waals surface area contributed by atoms with Gasteiger partial charge in [0.05, 0.1) is 0 Å². The van der Waals surface area contributed by atoms with E-state index >= 15 is 0 Å².